The Kier molecular flexibility index (Phi) is 3.72. The summed E-state index contributed by atoms with van der Waals surface area (Å²) < 4.78 is 7.88. The fourth-order valence-corrected chi connectivity index (χ4v) is 6.07. The SMILES string of the molecule is C[C@H]1N=C(c2ccccc2Cl)c2cc(C34CC(C3)C4)ccc2-n2cnc(-c3ccco3)c21. The van der Waals surface area contributed by atoms with E-state index in [1.165, 1.54) is 24.8 Å². The lowest BCUT2D eigenvalue weighted by molar-refractivity contribution is -0.0274. The van der Waals surface area contributed by atoms with Gasteiger partial charge in [0.05, 0.1) is 29.4 Å². The predicted molar refractivity (Wildman–Crippen MR) is 126 cm³/mol. The van der Waals surface area contributed by atoms with E-state index in [-0.39, 0.29) is 6.04 Å². The third-order valence-corrected chi connectivity index (χ3v) is 7.90. The second-order valence-corrected chi connectivity index (χ2v) is 9.86. The zero-order valence-corrected chi connectivity index (χ0v) is 18.5. The molecule has 1 aliphatic heterocycles. The van der Waals surface area contributed by atoms with Crippen LogP contribution in [0.1, 0.15) is 54.6 Å². The maximum Gasteiger partial charge on any atom is 0.154 e. The molecule has 3 heterocycles. The molecule has 4 aromatic rings. The van der Waals surface area contributed by atoms with Gasteiger partial charge in [-0.15, -0.1) is 0 Å². The highest BCUT2D eigenvalue weighted by Gasteiger charge is 2.57. The Balaban J connectivity index is 1.49. The zero-order chi connectivity index (χ0) is 21.4. The molecule has 158 valence electrons. The summed E-state index contributed by atoms with van der Waals surface area (Å²) in [6.07, 6.45) is 7.54. The lowest BCUT2D eigenvalue weighted by atomic mass is 9.42. The third-order valence-electron chi connectivity index (χ3n) is 7.57. The summed E-state index contributed by atoms with van der Waals surface area (Å²) in [6.45, 7) is 2.12. The van der Waals surface area contributed by atoms with Crippen LogP contribution in [0.2, 0.25) is 5.02 Å². The first kappa shape index (κ1) is 18.5. The van der Waals surface area contributed by atoms with E-state index < -0.39 is 0 Å². The van der Waals surface area contributed by atoms with Crippen molar-refractivity contribution in [3.63, 3.8) is 0 Å². The standard InChI is InChI=1S/C27H22ClN3O/c1-16-26-25(23-7-4-10-32-23)29-15-31(26)22-9-8-18(27-12-17(13-27)14-27)11-20(22)24(30-16)19-5-2-3-6-21(19)28/h2-11,15-17H,12-14H2,1H3/t16-,17?,27?/m1/s1. The van der Waals surface area contributed by atoms with Crippen LogP contribution in [-0.4, -0.2) is 15.3 Å². The number of fused-ring (bicyclic) bond motifs is 3. The molecule has 0 amide bonds. The predicted octanol–water partition coefficient (Wildman–Crippen LogP) is 6.75. The van der Waals surface area contributed by atoms with Gasteiger partial charge in [0.25, 0.3) is 0 Å². The van der Waals surface area contributed by atoms with Crippen molar-refractivity contribution in [2.45, 2.75) is 37.6 Å². The van der Waals surface area contributed by atoms with Crippen LogP contribution < -0.4 is 0 Å². The Bertz CT molecular complexity index is 1380. The summed E-state index contributed by atoms with van der Waals surface area (Å²) in [6, 6.07) is 18.6. The van der Waals surface area contributed by atoms with E-state index in [4.69, 9.17) is 26.0 Å². The van der Waals surface area contributed by atoms with Gasteiger partial charge in [0.15, 0.2) is 5.76 Å². The molecule has 0 N–H and O–H groups in total. The summed E-state index contributed by atoms with van der Waals surface area (Å²) in [4.78, 5) is 9.97. The van der Waals surface area contributed by atoms with Gasteiger partial charge >= 0.3 is 0 Å². The lowest BCUT2D eigenvalue weighted by Gasteiger charge is -2.62. The highest BCUT2D eigenvalue weighted by atomic mass is 35.5. The molecule has 3 saturated carbocycles. The van der Waals surface area contributed by atoms with Crippen molar-refractivity contribution in [3.05, 3.63) is 94.6 Å². The van der Waals surface area contributed by atoms with Crippen molar-refractivity contribution in [2.24, 2.45) is 10.9 Å². The smallest absolute Gasteiger partial charge is 0.154 e. The van der Waals surface area contributed by atoms with Crippen LogP contribution in [0.4, 0.5) is 0 Å². The highest BCUT2D eigenvalue weighted by Crippen LogP contribution is 2.65. The van der Waals surface area contributed by atoms with Crippen molar-refractivity contribution in [2.75, 3.05) is 0 Å². The maximum atomic E-state index is 6.68. The number of aliphatic imine (C=N–C) groups is 1. The minimum Gasteiger partial charge on any atom is -0.463 e. The van der Waals surface area contributed by atoms with E-state index in [0.717, 1.165) is 50.6 Å². The summed E-state index contributed by atoms with van der Waals surface area (Å²) in [5.74, 6) is 1.69. The first-order valence-electron chi connectivity index (χ1n) is 11.2. The number of hydrogen-bond donors (Lipinski definition) is 0. The van der Waals surface area contributed by atoms with E-state index in [2.05, 4.69) is 35.8 Å². The second kappa shape index (κ2) is 6.46. The number of rotatable bonds is 3. The number of aromatic nitrogens is 2. The van der Waals surface area contributed by atoms with Crippen LogP contribution in [0.15, 0.2) is 76.6 Å². The van der Waals surface area contributed by atoms with E-state index in [1.54, 1.807) is 6.26 Å². The van der Waals surface area contributed by atoms with Crippen molar-refractivity contribution >= 4 is 17.3 Å². The Hall–Kier alpha value is -3.11. The Morgan fingerprint density at radius 1 is 1.03 bits per heavy atom. The molecule has 2 aromatic heterocycles. The molecule has 2 aromatic carbocycles. The fourth-order valence-electron chi connectivity index (χ4n) is 5.84. The summed E-state index contributed by atoms with van der Waals surface area (Å²) in [5, 5.41) is 0.719. The largest absolute Gasteiger partial charge is 0.463 e. The number of nitrogens with zero attached hydrogens (tertiary/aromatic N) is 3. The topological polar surface area (TPSA) is 43.3 Å². The summed E-state index contributed by atoms with van der Waals surface area (Å²) >= 11 is 6.68. The first-order valence-corrected chi connectivity index (χ1v) is 11.6. The van der Waals surface area contributed by atoms with Crippen LogP contribution in [0.5, 0.6) is 0 Å². The quantitative estimate of drug-likeness (QED) is 0.354. The lowest BCUT2D eigenvalue weighted by Crippen LogP contribution is -2.55. The van der Waals surface area contributed by atoms with Crippen molar-refractivity contribution in [1.29, 1.82) is 0 Å². The van der Waals surface area contributed by atoms with Crippen molar-refractivity contribution in [1.82, 2.24) is 9.55 Å². The van der Waals surface area contributed by atoms with Gasteiger partial charge in [0.2, 0.25) is 0 Å². The molecule has 5 heteroatoms. The number of benzene rings is 2. The Morgan fingerprint density at radius 2 is 1.88 bits per heavy atom. The zero-order valence-electron chi connectivity index (χ0n) is 17.8. The van der Waals surface area contributed by atoms with E-state index in [9.17, 15) is 0 Å². The minimum absolute atomic E-state index is 0.116. The first-order chi connectivity index (χ1) is 15.6. The van der Waals surface area contributed by atoms with Gasteiger partial charge in [-0.25, -0.2) is 4.98 Å². The Labute approximate surface area is 191 Å². The van der Waals surface area contributed by atoms with Gasteiger partial charge in [0, 0.05) is 16.1 Å². The third kappa shape index (κ3) is 2.44. The van der Waals surface area contributed by atoms with Gasteiger partial charge in [-0.1, -0.05) is 35.9 Å². The molecule has 0 saturated heterocycles. The molecule has 0 spiro atoms. The van der Waals surface area contributed by atoms with Gasteiger partial charge < -0.3 is 4.42 Å². The Morgan fingerprint density at radius 3 is 2.59 bits per heavy atom. The monoisotopic (exact) mass is 439 g/mol. The summed E-state index contributed by atoms with van der Waals surface area (Å²) in [7, 11) is 0. The number of imidazole rings is 1. The van der Waals surface area contributed by atoms with E-state index in [1.807, 2.05) is 36.7 Å². The molecular weight excluding hydrogens is 418 g/mol. The summed E-state index contributed by atoms with van der Waals surface area (Å²) in [5.41, 5.74) is 7.79. The molecular formula is C27H22ClN3O. The minimum atomic E-state index is -0.116. The molecule has 3 fully saturated rings. The number of halogens is 1. The van der Waals surface area contributed by atoms with Crippen LogP contribution in [0, 0.1) is 5.92 Å². The van der Waals surface area contributed by atoms with Crippen LogP contribution in [-0.2, 0) is 5.41 Å². The second-order valence-electron chi connectivity index (χ2n) is 9.45. The number of hydrogen-bond acceptors (Lipinski definition) is 3. The fraction of sp³-hybridized carbons (Fsp3) is 0.259. The average molecular weight is 440 g/mol. The van der Waals surface area contributed by atoms with E-state index >= 15 is 0 Å². The molecule has 8 rings (SSSR count). The molecule has 1 atom stereocenters. The van der Waals surface area contributed by atoms with Crippen LogP contribution >= 0.6 is 11.6 Å². The van der Waals surface area contributed by atoms with Crippen molar-refractivity contribution in [3.8, 4) is 17.1 Å². The molecule has 0 unspecified atom stereocenters. The van der Waals surface area contributed by atoms with Gasteiger partial charge in [-0.05, 0) is 73.4 Å². The van der Waals surface area contributed by atoms with Gasteiger partial charge in [-0.3, -0.25) is 9.56 Å². The number of furan rings is 1. The van der Waals surface area contributed by atoms with E-state index in [0.29, 0.717) is 5.41 Å². The molecule has 3 aliphatic carbocycles. The van der Waals surface area contributed by atoms with Crippen molar-refractivity contribution < 1.29 is 4.42 Å². The molecule has 0 radical (unpaired) electrons. The average Bonchev–Trinajstić information content (AvgIpc) is 3.38. The van der Waals surface area contributed by atoms with Gasteiger partial charge in [0.1, 0.15) is 12.0 Å². The molecule has 4 nitrogen and oxygen atoms in total. The van der Waals surface area contributed by atoms with Gasteiger partial charge in [-0.2, -0.15) is 0 Å². The molecule has 32 heavy (non-hydrogen) atoms. The molecule has 2 bridgehead atoms. The normalized spacial score (nSPS) is 25.1. The maximum absolute atomic E-state index is 6.68. The van der Waals surface area contributed by atoms with Crippen LogP contribution in [0.25, 0.3) is 17.1 Å². The van der Waals surface area contributed by atoms with Crippen LogP contribution in [0.3, 0.4) is 0 Å². The highest BCUT2D eigenvalue weighted by molar-refractivity contribution is 6.35. The molecule has 4 aliphatic rings.